The molecule has 0 saturated carbocycles. The van der Waals surface area contributed by atoms with Crippen LogP contribution in [0.25, 0.3) is 11.4 Å². The molecule has 0 spiro atoms. The summed E-state index contributed by atoms with van der Waals surface area (Å²) < 4.78 is 29.0. The van der Waals surface area contributed by atoms with Crippen molar-refractivity contribution in [2.24, 2.45) is 0 Å². The number of fused-ring (bicyclic) bond motifs is 1. The molecule has 1 atom stereocenters. The van der Waals surface area contributed by atoms with Gasteiger partial charge >= 0.3 is 0 Å². The van der Waals surface area contributed by atoms with E-state index in [1.54, 1.807) is 0 Å². The van der Waals surface area contributed by atoms with E-state index >= 15 is 0 Å². The second-order valence-electron chi connectivity index (χ2n) is 7.94. The van der Waals surface area contributed by atoms with Crippen LogP contribution < -0.4 is 5.32 Å². The zero-order valence-corrected chi connectivity index (χ0v) is 15.7. The van der Waals surface area contributed by atoms with Gasteiger partial charge < -0.3 is 9.88 Å². The smallest absolute Gasteiger partial charge is 0.272 e. The molecule has 1 N–H and O–H groups in total. The fraction of sp³-hybridized carbons (Fsp3) is 0.474. The normalized spacial score (nSPS) is 17.9. The summed E-state index contributed by atoms with van der Waals surface area (Å²) in [4.78, 5) is 19.4. The van der Waals surface area contributed by atoms with Gasteiger partial charge in [0.05, 0.1) is 5.69 Å². The molecule has 1 unspecified atom stereocenters. The number of halogens is 2. The zero-order chi connectivity index (χ0) is 19.2. The minimum atomic E-state index is -0.929. The lowest BCUT2D eigenvalue weighted by Gasteiger charge is -2.32. The number of hydrogen-bond donors (Lipinski definition) is 1. The highest BCUT2D eigenvalue weighted by Crippen LogP contribution is 2.29. The molecule has 2 heterocycles. The number of imidazole rings is 1. The standard InChI is InChI=1S/C19H24F2N4O/c1-11-9-25-15(10-24(11)5)16(18(26)23-19(2,3)4)22-17(25)12-6-7-13(20)14(21)8-12/h6-8,11H,9-10H2,1-5H3,(H,23,26). The second kappa shape index (κ2) is 6.46. The lowest BCUT2D eigenvalue weighted by Crippen LogP contribution is -2.42. The topological polar surface area (TPSA) is 50.2 Å². The predicted octanol–water partition coefficient (Wildman–Crippen LogP) is 3.19. The number of rotatable bonds is 2. The average Bonchev–Trinajstić information content (AvgIpc) is 2.87. The first-order valence-electron chi connectivity index (χ1n) is 8.64. The third kappa shape index (κ3) is 3.49. The van der Waals surface area contributed by atoms with E-state index in [9.17, 15) is 13.6 Å². The van der Waals surface area contributed by atoms with Crippen LogP contribution in [0.1, 0.15) is 43.9 Å². The maximum atomic E-state index is 13.7. The molecule has 1 aromatic carbocycles. The summed E-state index contributed by atoms with van der Waals surface area (Å²) >= 11 is 0. The van der Waals surface area contributed by atoms with Crippen molar-refractivity contribution in [2.45, 2.75) is 52.4 Å². The first-order chi connectivity index (χ1) is 12.1. The molecule has 0 saturated heterocycles. The van der Waals surface area contributed by atoms with Crippen molar-refractivity contribution in [2.75, 3.05) is 7.05 Å². The van der Waals surface area contributed by atoms with Gasteiger partial charge in [-0.3, -0.25) is 9.69 Å². The van der Waals surface area contributed by atoms with Gasteiger partial charge in [-0.2, -0.15) is 0 Å². The van der Waals surface area contributed by atoms with Crippen LogP contribution in [0.15, 0.2) is 18.2 Å². The van der Waals surface area contributed by atoms with Gasteiger partial charge in [0, 0.05) is 30.2 Å². The van der Waals surface area contributed by atoms with Crippen LogP contribution in [0, 0.1) is 11.6 Å². The van der Waals surface area contributed by atoms with Gasteiger partial charge in [0.2, 0.25) is 0 Å². The van der Waals surface area contributed by atoms with E-state index in [-0.39, 0.29) is 11.9 Å². The molecule has 0 fully saturated rings. The third-order valence-electron chi connectivity index (χ3n) is 4.55. The Balaban J connectivity index is 2.12. The van der Waals surface area contributed by atoms with Crippen molar-refractivity contribution in [1.29, 1.82) is 0 Å². The summed E-state index contributed by atoms with van der Waals surface area (Å²) in [7, 11) is 1.99. The first kappa shape index (κ1) is 18.5. The Bertz CT molecular complexity index is 854. The Morgan fingerprint density at radius 1 is 1.27 bits per heavy atom. The Labute approximate surface area is 152 Å². The van der Waals surface area contributed by atoms with Gasteiger partial charge in [-0.15, -0.1) is 0 Å². The molecule has 0 bridgehead atoms. The van der Waals surface area contributed by atoms with Crippen LogP contribution >= 0.6 is 0 Å². The molecule has 1 aliphatic heterocycles. The Hall–Kier alpha value is -2.28. The largest absolute Gasteiger partial charge is 0.346 e. The Kier molecular flexibility index (Phi) is 4.60. The number of hydrogen-bond acceptors (Lipinski definition) is 3. The number of nitrogens with zero attached hydrogens (tertiary/aromatic N) is 3. The third-order valence-corrected chi connectivity index (χ3v) is 4.55. The van der Waals surface area contributed by atoms with Gasteiger partial charge in [0.15, 0.2) is 17.3 Å². The van der Waals surface area contributed by atoms with Gasteiger partial charge in [0.25, 0.3) is 5.91 Å². The fourth-order valence-electron chi connectivity index (χ4n) is 3.08. The molecule has 140 valence electrons. The summed E-state index contributed by atoms with van der Waals surface area (Å²) in [6.45, 7) is 8.96. The highest BCUT2D eigenvalue weighted by Gasteiger charge is 2.31. The summed E-state index contributed by atoms with van der Waals surface area (Å²) in [5.41, 5.74) is 1.17. The quantitative estimate of drug-likeness (QED) is 0.893. The molecule has 26 heavy (non-hydrogen) atoms. The molecule has 2 aromatic rings. The van der Waals surface area contributed by atoms with Gasteiger partial charge in [-0.25, -0.2) is 13.8 Å². The fourth-order valence-corrected chi connectivity index (χ4v) is 3.08. The first-order valence-corrected chi connectivity index (χ1v) is 8.64. The van der Waals surface area contributed by atoms with Crippen molar-refractivity contribution in [3.05, 3.63) is 41.2 Å². The highest BCUT2D eigenvalue weighted by atomic mass is 19.2. The number of nitrogens with one attached hydrogen (secondary N) is 1. The molecule has 1 aliphatic rings. The number of aromatic nitrogens is 2. The molecule has 3 rings (SSSR count). The zero-order valence-electron chi connectivity index (χ0n) is 15.7. The minimum Gasteiger partial charge on any atom is -0.346 e. The van der Waals surface area contributed by atoms with Crippen LogP contribution in [0.4, 0.5) is 8.78 Å². The van der Waals surface area contributed by atoms with Gasteiger partial charge in [-0.05, 0) is 52.9 Å². The second-order valence-corrected chi connectivity index (χ2v) is 7.94. The van der Waals surface area contributed by atoms with Gasteiger partial charge in [0.1, 0.15) is 5.82 Å². The van der Waals surface area contributed by atoms with Crippen LogP contribution in [-0.4, -0.2) is 39.0 Å². The number of carbonyl (C=O) groups is 1. The molecule has 1 aromatic heterocycles. The molecule has 0 radical (unpaired) electrons. The summed E-state index contributed by atoms with van der Waals surface area (Å²) in [6, 6.07) is 3.93. The van der Waals surface area contributed by atoms with E-state index in [0.29, 0.717) is 30.2 Å². The summed E-state index contributed by atoms with van der Waals surface area (Å²) in [5, 5.41) is 2.93. The molecular weight excluding hydrogens is 338 g/mol. The Morgan fingerprint density at radius 3 is 2.58 bits per heavy atom. The lowest BCUT2D eigenvalue weighted by atomic mass is 10.1. The van der Waals surface area contributed by atoms with E-state index in [2.05, 4.69) is 22.1 Å². The van der Waals surface area contributed by atoms with E-state index in [0.717, 1.165) is 17.8 Å². The van der Waals surface area contributed by atoms with Crippen molar-refractivity contribution in [3.63, 3.8) is 0 Å². The number of likely N-dealkylation sites (N-methyl/N-ethyl adjacent to an activating group) is 1. The summed E-state index contributed by atoms with van der Waals surface area (Å²) in [6.07, 6.45) is 0. The minimum absolute atomic E-state index is 0.235. The van der Waals surface area contributed by atoms with E-state index < -0.39 is 17.2 Å². The summed E-state index contributed by atoms with van der Waals surface area (Å²) in [5.74, 6) is -1.62. The van der Waals surface area contributed by atoms with Crippen LogP contribution in [-0.2, 0) is 13.1 Å². The van der Waals surface area contributed by atoms with E-state index in [1.165, 1.54) is 6.07 Å². The molecule has 0 aliphatic carbocycles. The van der Waals surface area contributed by atoms with Gasteiger partial charge in [-0.1, -0.05) is 0 Å². The maximum Gasteiger partial charge on any atom is 0.272 e. The number of carbonyl (C=O) groups excluding carboxylic acids is 1. The molecular formula is C19H24F2N4O. The lowest BCUT2D eigenvalue weighted by molar-refractivity contribution is 0.0910. The van der Waals surface area contributed by atoms with Crippen LogP contribution in [0.5, 0.6) is 0 Å². The highest BCUT2D eigenvalue weighted by molar-refractivity contribution is 5.94. The van der Waals surface area contributed by atoms with Crippen LogP contribution in [0.3, 0.4) is 0 Å². The predicted molar refractivity (Wildman–Crippen MR) is 95.7 cm³/mol. The maximum absolute atomic E-state index is 13.7. The number of benzene rings is 1. The molecule has 1 amide bonds. The monoisotopic (exact) mass is 362 g/mol. The van der Waals surface area contributed by atoms with E-state index in [4.69, 9.17) is 0 Å². The van der Waals surface area contributed by atoms with Crippen molar-refractivity contribution < 1.29 is 13.6 Å². The average molecular weight is 362 g/mol. The van der Waals surface area contributed by atoms with Crippen molar-refractivity contribution in [3.8, 4) is 11.4 Å². The Morgan fingerprint density at radius 2 is 1.96 bits per heavy atom. The molecule has 5 nitrogen and oxygen atoms in total. The number of amides is 1. The van der Waals surface area contributed by atoms with E-state index in [1.807, 2.05) is 32.4 Å². The van der Waals surface area contributed by atoms with Crippen LogP contribution in [0.2, 0.25) is 0 Å². The SMILES string of the molecule is CC1Cn2c(-c3ccc(F)c(F)c3)nc(C(=O)NC(C)(C)C)c2CN1C. The van der Waals surface area contributed by atoms with Crippen molar-refractivity contribution in [1.82, 2.24) is 19.8 Å². The van der Waals surface area contributed by atoms with Crippen molar-refractivity contribution >= 4 is 5.91 Å². The molecule has 7 heteroatoms.